The Morgan fingerprint density at radius 2 is 2.30 bits per heavy atom. The fraction of sp³-hybridized carbons (Fsp3) is 0.294. The summed E-state index contributed by atoms with van der Waals surface area (Å²) in [7, 11) is 0. The van der Waals surface area contributed by atoms with Crippen LogP contribution in [0.4, 0.5) is 5.13 Å². The minimum atomic E-state index is -0.343. The smallest absolute Gasteiger partial charge is 0.315 e. The van der Waals surface area contributed by atoms with Gasteiger partial charge in [-0.2, -0.15) is 0 Å². The van der Waals surface area contributed by atoms with E-state index < -0.39 is 0 Å². The zero-order valence-electron chi connectivity index (χ0n) is 14.5. The van der Waals surface area contributed by atoms with Crippen LogP contribution in [0.5, 0.6) is 0 Å². The summed E-state index contributed by atoms with van der Waals surface area (Å²) < 4.78 is 6.58. The molecule has 3 aromatic rings. The number of esters is 1. The highest BCUT2D eigenvalue weighted by Crippen LogP contribution is 2.39. The van der Waals surface area contributed by atoms with Gasteiger partial charge in [0.15, 0.2) is 5.13 Å². The third-order valence-corrected chi connectivity index (χ3v) is 5.28. The van der Waals surface area contributed by atoms with E-state index in [4.69, 9.17) is 4.74 Å². The summed E-state index contributed by atoms with van der Waals surface area (Å²) in [6, 6.07) is 6.94. The van der Waals surface area contributed by atoms with Crippen LogP contribution in [0.2, 0.25) is 0 Å². The lowest BCUT2D eigenvalue weighted by Gasteiger charge is -2.08. The molecule has 2 aromatic heterocycles. The quantitative estimate of drug-likeness (QED) is 0.669. The highest BCUT2D eigenvalue weighted by molar-refractivity contribution is 7.16. The summed E-state index contributed by atoms with van der Waals surface area (Å²) in [5.74, 6) is -0.886. The molecule has 0 fully saturated rings. The molecule has 1 atom stereocenters. The minimum Gasteiger partial charge on any atom is -0.465 e. The normalized spacial score (nSPS) is 15.4. The van der Waals surface area contributed by atoms with Gasteiger partial charge in [0.25, 0.3) is 5.91 Å². The van der Waals surface area contributed by atoms with Gasteiger partial charge in [-0.05, 0) is 48.4 Å². The van der Waals surface area contributed by atoms with Crippen LogP contribution in [0.15, 0.2) is 30.6 Å². The van der Waals surface area contributed by atoms with E-state index in [0.29, 0.717) is 29.4 Å². The van der Waals surface area contributed by atoms with Crippen molar-refractivity contribution in [2.24, 2.45) is 0 Å². The molecule has 1 aromatic carbocycles. The molecular weight excluding hydrogens is 368 g/mol. The molecule has 0 aliphatic heterocycles. The van der Waals surface area contributed by atoms with Gasteiger partial charge in [-0.25, -0.2) is 9.67 Å². The number of rotatable bonds is 5. The lowest BCUT2D eigenvalue weighted by atomic mass is 10.1. The molecule has 0 saturated heterocycles. The predicted molar refractivity (Wildman–Crippen MR) is 96.9 cm³/mol. The van der Waals surface area contributed by atoms with Crippen molar-refractivity contribution in [2.75, 3.05) is 11.9 Å². The molecule has 0 bridgehead atoms. The number of fused-ring (bicyclic) bond motifs is 1. The Labute approximate surface area is 158 Å². The van der Waals surface area contributed by atoms with E-state index in [0.717, 1.165) is 17.0 Å². The molecule has 4 rings (SSSR count). The molecule has 27 heavy (non-hydrogen) atoms. The summed E-state index contributed by atoms with van der Waals surface area (Å²) >= 11 is 1.40. The fourth-order valence-corrected chi connectivity index (χ4v) is 4.02. The van der Waals surface area contributed by atoms with Crippen LogP contribution in [-0.4, -0.2) is 43.7 Å². The molecule has 138 valence electrons. The number of aryl methyl sites for hydroxylation is 1. The van der Waals surface area contributed by atoms with E-state index in [2.05, 4.69) is 25.8 Å². The molecular formula is C17H16N6O3S. The molecule has 0 radical (unpaired) electrons. The van der Waals surface area contributed by atoms with Crippen LogP contribution in [0.3, 0.4) is 0 Å². The number of amides is 1. The van der Waals surface area contributed by atoms with Crippen molar-refractivity contribution in [1.29, 1.82) is 0 Å². The third-order valence-electron chi connectivity index (χ3n) is 4.23. The lowest BCUT2D eigenvalue weighted by Crippen LogP contribution is -2.15. The number of carbonyl (C=O) groups excluding carboxylic acids is 2. The number of ether oxygens (including phenoxy) is 1. The van der Waals surface area contributed by atoms with Gasteiger partial charge in [-0.3, -0.25) is 14.9 Å². The van der Waals surface area contributed by atoms with Crippen molar-refractivity contribution in [3.63, 3.8) is 0 Å². The van der Waals surface area contributed by atoms with Crippen LogP contribution in [0.1, 0.15) is 40.2 Å². The maximum absolute atomic E-state index is 12.6. The van der Waals surface area contributed by atoms with Crippen molar-refractivity contribution in [2.45, 2.75) is 25.7 Å². The van der Waals surface area contributed by atoms with Crippen LogP contribution in [0, 0.1) is 0 Å². The van der Waals surface area contributed by atoms with Gasteiger partial charge >= 0.3 is 5.97 Å². The topological polar surface area (TPSA) is 112 Å². The number of aromatic nitrogens is 5. The molecule has 1 aliphatic carbocycles. The molecule has 0 spiro atoms. The van der Waals surface area contributed by atoms with E-state index >= 15 is 0 Å². The van der Waals surface area contributed by atoms with Crippen molar-refractivity contribution >= 4 is 28.3 Å². The molecule has 0 unspecified atom stereocenters. The first-order valence-corrected chi connectivity index (χ1v) is 9.28. The highest BCUT2D eigenvalue weighted by atomic mass is 32.1. The third kappa shape index (κ3) is 3.43. The second kappa shape index (κ2) is 7.23. The van der Waals surface area contributed by atoms with E-state index in [9.17, 15) is 9.59 Å². The summed E-state index contributed by atoms with van der Waals surface area (Å²) in [4.78, 5) is 30.1. The van der Waals surface area contributed by atoms with Gasteiger partial charge in [0.2, 0.25) is 0 Å². The van der Waals surface area contributed by atoms with Gasteiger partial charge in [0, 0.05) is 10.4 Å². The Kier molecular flexibility index (Phi) is 4.63. The SMILES string of the molecule is CCOC(=O)[C@@H]1CCc2sc(NC(=O)c3cccc(-n4cnnn4)c3)nc21. The minimum absolute atomic E-state index is 0.256. The van der Waals surface area contributed by atoms with Gasteiger partial charge in [0.1, 0.15) is 12.2 Å². The molecule has 1 amide bonds. The largest absolute Gasteiger partial charge is 0.465 e. The zero-order valence-corrected chi connectivity index (χ0v) is 15.3. The Morgan fingerprint density at radius 1 is 1.41 bits per heavy atom. The first-order valence-electron chi connectivity index (χ1n) is 8.46. The molecule has 1 aliphatic rings. The highest BCUT2D eigenvalue weighted by Gasteiger charge is 2.33. The molecule has 10 heteroatoms. The van der Waals surface area contributed by atoms with Crippen LogP contribution in [-0.2, 0) is 16.0 Å². The summed E-state index contributed by atoms with van der Waals surface area (Å²) in [6.45, 7) is 2.12. The number of nitrogens with zero attached hydrogens (tertiary/aromatic N) is 5. The Balaban J connectivity index is 1.51. The molecule has 1 N–H and O–H groups in total. The monoisotopic (exact) mass is 384 g/mol. The number of tetrazole rings is 1. The van der Waals surface area contributed by atoms with Crippen molar-refractivity contribution in [3.8, 4) is 5.69 Å². The van der Waals surface area contributed by atoms with Gasteiger partial charge in [-0.15, -0.1) is 16.4 Å². The second-order valence-corrected chi connectivity index (χ2v) is 7.01. The summed E-state index contributed by atoms with van der Waals surface area (Å²) in [6.07, 6.45) is 2.92. The van der Waals surface area contributed by atoms with Crippen molar-refractivity contribution < 1.29 is 14.3 Å². The van der Waals surface area contributed by atoms with Gasteiger partial charge in [0.05, 0.1) is 18.0 Å². The van der Waals surface area contributed by atoms with Gasteiger partial charge < -0.3 is 4.74 Å². The maximum atomic E-state index is 12.6. The van der Waals surface area contributed by atoms with Crippen molar-refractivity contribution in [1.82, 2.24) is 25.2 Å². The van der Waals surface area contributed by atoms with Gasteiger partial charge in [-0.1, -0.05) is 6.07 Å². The summed E-state index contributed by atoms with van der Waals surface area (Å²) in [5, 5.41) is 14.3. The Hall–Kier alpha value is -3.14. The molecule has 0 saturated carbocycles. The number of hydrogen-bond acceptors (Lipinski definition) is 8. The van der Waals surface area contributed by atoms with Crippen LogP contribution < -0.4 is 5.32 Å². The molecule has 9 nitrogen and oxygen atoms in total. The Bertz CT molecular complexity index is 984. The second-order valence-electron chi connectivity index (χ2n) is 5.93. The fourth-order valence-electron chi connectivity index (χ4n) is 2.99. The van der Waals surface area contributed by atoms with E-state index in [-0.39, 0.29) is 17.8 Å². The number of carbonyl (C=O) groups is 2. The van der Waals surface area contributed by atoms with Crippen molar-refractivity contribution in [3.05, 3.63) is 46.7 Å². The first kappa shape index (κ1) is 17.3. The van der Waals surface area contributed by atoms with E-state index in [1.165, 1.54) is 22.3 Å². The predicted octanol–water partition coefficient (Wildman–Crippen LogP) is 1.96. The van der Waals surface area contributed by atoms with E-state index in [1.54, 1.807) is 31.2 Å². The molecule has 2 heterocycles. The number of nitrogens with one attached hydrogen (secondary N) is 1. The number of thiazole rings is 1. The number of hydrogen-bond donors (Lipinski definition) is 1. The standard InChI is InChI=1S/C17H16N6O3S/c1-2-26-16(25)12-6-7-13-14(12)19-17(27-13)20-15(24)10-4-3-5-11(8-10)23-9-18-21-22-23/h3-5,8-9,12H,2,6-7H2,1H3,(H,19,20,24)/t12-/m1/s1. The van der Waals surface area contributed by atoms with Crippen LogP contribution in [0.25, 0.3) is 5.69 Å². The first-order chi connectivity index (χ1) is 13.2. The maximum Gasteiger partial charge on any atom is 0.315 e. The summed E-state index contributed by atoms with van der Waals surface area (Å²) in [5.41, 5.74) is 1.85. The lowest BCUT2D eigenvalue weighted by molar-refractivity contribution is -0.145. The average molecular weight is 384 g/mol. The average Bonchev–Trinajstić information content (AvgIpc) is 3.39. The number of anilines is 1. The van der Waals surface area contributed by atoms with Crippen LogP contribution >= 0.6 is 11.3 Å². The van der Waals surface area contributed by atoms with E-state index in [1.807, 2.05) is 0 Å². The zero-order chi connectivity index (χ0) is 18.8. The number of benzene rings is 1. The Morgan fingerprint density at radius 3 is 3.07 bits per heavy atom.